The maximum Gasteiger partial charge on any atom is 0.300 e. The zero-order valence-electron chi connectivity index (χ0n) is 5.79. The lowest BCUT2D eigenvalue weighted by Gasteiger charge is -1.92. The average molecular weight is 134 g/mol. The summed E-state index contributed by atoms with van der Waals surface area (Å²) in [5.41, 5.74) is 10.2. The topological polar surface area (TPSA) is 89.3 Å². The van der Waals surface area contributed by atoms with Gasteiger partial charge in [0, 0.05) is 19.5 Å². The minimum absolute atomic E-state index is 0.162. The second-order valence-corrected chi connectivity index (χ2v) is 1.73. The summed E-state index contributed by atoms with van der Waals surface area (Å²) in [5.74, 6) is -0.833. The van der Waals surface area contributed by atoms with E-state index in [0.29, 0.717) is 6.54 Å². The number of aliphatic carboxylic acids is 1. The van der Waals surface area contributed by atoms with E-state index in [1.54, 1.807) is 0 Å². The van der Waals surface area contributed by atoms with Gasteiger partial charge in [0.05, 0.1) is 0 Å². The van der Waals surface area contributed by atoms with E-state index in [-0.39, 0.29) is 6.04 Å². The highest BCUT2D eigenvalue weighted by Crippen LogP contribution is 1.59. The molecule has 0 aromatic carbocycles. The maximum absolute atomic E-state index is 9.00. The molecule has 0 aromatic rings. The molecule has 0 aliphatic rings. The molecular formula is C5H14N2O2. The molecule has 0 saturated heterocycles. The molecule has 5 N–H and O–H groups in total. The first kappa shape index (κ1) is 11.2. The second-order valence-electron chi connectivity index (χ2n) is 1.73. The predicted molar refractivity (Wildman–Crippen MR) is 36.0 cm³/mol. The van der Waals surface area contributed by atoms with E-state index in [1.807, 2.05) is 6.92 Å². The Morgan fingerprint density at radius 2 is 1.89 bits per heavy atom. The zero-order chi connectivity index (χ0) is 7.86. The van der Waals surface area contributed by atoms with Crippen molar-refractivity contribution >= 4 is 5.97 Å². The Morgan fingerprint density at radius 1 is 1.78 bits per heavy atom. The lowest BCUT2D eigenvalue weighted by atomic mass is 10.4. The van der Waals surface area contributed by atoms with Crippen LogP contribution in [0.4, 0.5) is 0 Å². The van der Waals surface area contributed by atoms with Crippen molar-refractivity contribution in [3.63, 3.8) is 0 Å². The summed E-state index contributed by atoms with van der Waals surface area (Å²) in [6.07, 6.45) is 0. The molecule has 0 aromatic heterocycles. The Balaban J connectivity index is 0. The molecule has 0 aliphatic carbocycles. The minimum atomic E-state index is -0.833. The Hall–Kier alpha value is -0.610. The van der Waals surface area contributed by atoms with Crippen molar-refractivity contribution in [2.75, 3.05) is 6.54 Å². The van der Waals surface area contributed by atoms with Crippen molar-refractivity contribution in [1.82, 2.24) is 0 Å². The van der Waals surface area contributed by atoms with E-state index in [4.69, 9.17) is 21.4 Å². The van der Waals surface area contributed by atoms with Crippen LogP contribution in [-0.4, -0.2) is 23.7 Å². The van der Waals surface area contributed by atoms with Crippen LogP contribution in [0.25, 0.3) is 0 Å². The monoisotopic (exact) mass is 134 g/mol. The average Bonchev–Trinajstić information content (AvgIpc) is 1.65. The second kappa shape index (κ2) is 7.39. The van der Waals surface area contributed by atoms with Crippen molar-refractivity contribution in [3.05, 3.63) is 0 Å². The summed E-state index contributed by atoms with van der Waals surface area (Å²) in [6.45, 7) is 3.54. The molecule has 4 heteroatoms. The molecule has 0 rings (SSSR count). The summed E-state index contributed by atoms with van der Waals surface area (Å²) in [4.78, 5) is 9.00. The van der Waals surface area contributed by atoms with Crippen molar-refractivity contribution in [2.45, 2.75) is 19.9 Å². The zero-order valence-corrected chi connectivity index (χ0v) is 5.79. The van der Waals surface area contributed by atoms with E-state index in [1.165, 1.54) is 0 Å². The third kappa shape index (κ3) is 111. The van der Waals surface area contributed by atoms with Crippen molar-refractivity contribution in [2.24, 2.45) is 11.5 Å². The molecule has 0 spiro atoms. The molecule has 0 radical (unpaired) electrons. The summed E-state index contributed by atoms with van der Waals surface area (Å²) >= 11 is 0. The quantitative estimate of drug-likeness (QED) is 0.446. The van der Waals surface area contributed by atoms with E-state index >= 15 is 0 Å². The summed E-state index contributed by atoms with van der Waals surface area (Å²) in [5, 5.41) is 7.42. The Kier molecular flexibility index (Phi) is 9.21. The molecule has 1 unspecified atom stereocenters. The lowest BCUT2D eigenvalue weighted by Crippen LogP contribution is -2.25. The maximum atomic E-state index is 9.00. The van der Waals surface area contributed by atoms with Crippen molar-refractivity contribution < 1.29 is 9.90 Å². The lowest BCUT2D eigenvalue weighted by molar-refractivity contribution is -0.134. The Morgan fingerprint density at radius 3 is 1.89 bits per heavy atom. The highest BCUT2D eigenvalue weighted by Gasteiger charge is 1.79. The molecule has 0 saturated carbocycles. The molecule has 9 heavy (non-hydrogen) atoms. The Bertz CT molecular complexity index is 69.4. The number of hydrogen-bond acceptors (Lipinski definition) is 3. The van der Waals surface area contributed by atoms with Crippen LogP contribution in [0.15, 0.2) is 0 Å². The van der Waals surface area contributed by atoms with Crippen LogP contribution < -0.4 is 11.5 Å². The van der Waals surface area contributed by atoms with Gasteiger partial charge in [-0.25, -0.2) is 0 Å². The van der Waals surface area contributed by atoms with Gasteiger partial charge in [-0.3, -0.25) is 4.79 Å². The largest absolute Gasteiger partial charge is 0.481 e. The first-order chi connectivity index (χ1) is 4.00. The minimum Gasteiger partial charge on any atom is -0.481 e. The highest BCUT2D eigenvalue weighted by molar-refractivity contribution is 5.62. The molecule has 0 heterocycles. The molecular weight excluding hydrogens is 120 g/mol. The van der Waals surface area contributed by atoms with Gasteiger partial charge in [0.1, 0.15) is 0 Å². The van der Waals surface area contributed by atoms with Crippen LogP contribution >= 0.6 is 0 Å². The summed E-state index contributed by atoms with van der Waals surface area (Å²) in [7, 11) is 0. The van der Waals surface area contributed by atoms with Crippen LogP contribution in [0.1, 0.15) is 13.8 Å². The smallest absolute Gasteiger partial charge is 0.300 e. The number of nitrogens with two attached hydrogens (primary N) is 2. The fourth-order valence-electron chi connectivity index (χ4n) is 0. The molecule has 1 atom stereocenters. The van der Waals surface area contributed by atoms with Gasteiger partial charge in [-0.05, 0) is 6.92 Å². The van der Waals surface area contributed by atoms with Gasteiger partial charge in [0.2, 0.25) is 0 Å². The third-order valence-corrected chi connectivity index (χ3v) is 0.372. The third-order valence-electron chi connectivity index (χ3n) is 0.372. The van der Waals surface area contributed by atoms with Gasteiger partial charge >= 0.3 is 0 Å². The van der Waals surface area contributed by atoms with Gasteiger partial charge in [-0.2, -0.15) is 0 Å². The number of carboxylic acids is 1. The number of carboxylic acid groups (broad SMARTS) is 1. The SMILES string of the molecule is CC(=O)O.CC(N)CN. The molecule has 4 nitrogen and oxygen atoms in total. The van der Waals surface area contributed by atoms with E-state index in [2.05, 4.69) is 0 Å². The number of hydrogen-bond donors (Lipinski definition) is 3. The molecule has 0 bridgehead atoms. The number of rotatable bonds is 1. The van der Waals surface area contributed by atoms with Gasteiger partial charge in [-0.15, -0.1) is 0 Å². The van der Waals surface area contributed by atoms with Crippen molar-refractivity contribution in [1.29, 1.82) is 0 Å². The normalized spacial score (nSPS) is 11.1. The molecule has 0 fully saturated rings. The van der Waals surface area contributed by atoms with E-state index in [9.17, 15) is 0 Å². The molecule has 0 amide bonds. The fourth-order valence-corrected chi connectivity index (χ4v) is 0. The van der Waals surface area contributed by atoms with Crippen LogP contribution in [-0.2, 0) is 4.79 Å². The highest BCUT2D eigenvalue weighted by atomic mass is 16.4. The van der Waals surface area contributed by atoms with Gasteiger partial charge < -0.3 is 16.6 Å². The van der Waals surface area contributed by atoms with E-state index < -0.39 is 5.97 Å². The summed E-state index contributed by atoms with van der Waals surface area (Å²) < 4.78 is 0. The van der Waals surface area contributed by atoms with Crippen molar-refractivity contribution in [3.8, 4) is 0 Å². The van der Waals surface area contributed by atoms with Gasteiger partial charge in [-0.1, -0.05) is 0 Å². The first-order valence-corrected chi connectivity index (χ1v) is 2.65. The fraction of sp³-hybridized carbons (Fsp3) is 0.800. The van der Waals surface area contributed by atoms with Crippen LogP contribution in [0, 0.1) is 0 Å². The number of carbonyl (C=O) groups is 1. The van der Waals surface area contributed by atoms with Crippen LogP contribution in [0.3, 0.4) is 0 Å². The standard InChI is InChI=1S/C3H10N2.C2H4O2/c1-3(5)2-4;1-2(3)4/h3H,2,4-5H2,1H3;1H3,(H,3,4). The molecule has 0 aliphatic heterocycles. The first-order valence-electron chi connectivity index (χ1n) is 2.65. The molecule has 56 valence electrons. The summed E-state index contributed by atoms with van der Waals surface area (Å²) in [6, 6.07) is 0.162. The predicted octanol–water partition coefficient (Wildman–Crippen LogP) is -0.617. The van der Waals surface area contributed by atoms with E-state index in [0.717, 1.165) is 6.92 Å². The van der Waals surface area contributed by atoms with Crippen LogP contribution in [0.5, 0.6) is 0 Å². The van der Waals surface area contributed by atoms with Gasteiger partial charge in [0.15, 0.2) is 0 Å². The van der Waals surface area contributed by atoms with Gasteiger partial charge in [0.25, 0.3) is 5.97 Å². The van der Waals surface area contributed by atoms with Crippen LogP contribution in [0.2, 0.25) is 0 Å². The Labute approximate surface area is 54.8 Å².